The number of Topliss-reactive ketones (excluding diaryl/α,β-unsaturated/α-hetero) is 1. The number of hydrogen-bond acceptors (Lipinski definition) is 4. The highest BCUT2D eigenvalue weighted by atomic mass is 35.5. The van der Waals surface area contributed by atoms with E-state index in [4.69, 9.17) is 11.6 Å². The van der Waals surface area contributed by atoms with Crippen LogP contribution in [0.15, 0.2) is 12.3 Å². The molecule has 6 heteroatoms. The molecule has 1 atom stereocenters. The lowest BCUT2D eigenvalue weighted by Crippen LogP contribution is -2.39. The third-order valence-electron chi connectivity index (χ3n) is 2.76. The molecular weight excluding hydrogens is 278 g/mol. The monoisotopic (exact) mass is 297 g/mol. The van der Waals surface area contributed by atoms with Gasteiger partial charge in [0.25, 0.3) is 5.91 Å². The van der Waals surface area contributed by atoms with Gasteiger partial charge in [0, 0.05) is 12.2 Å². The van der Waals surface area contributed by atoms with E-state index < -0.39 is 6.04 Å². The Morgan fingerprint density at radius 3 is 2.55 bits per heavy atom. The zero-order chi connectivity index (χ0) is 15.3. The van der Waals surface area contributed by atoms with Gasteiger partial charge in [-0.2, -0.15) is 0 Å². The predicted octanol–water partition coefficient (Wildman–Crippen LogP) is 2.65. The molecule has 1 unspecified atom stereocenters. The van der Waals surface area contributed by atoms with Crippen LogP contribution in [0.25, 0.3) is 0 Å². The summed E-state index contributed by atoms with van der Waals surface area (Å²) in [6, 6.07) is 1.27. The van der Waals surface area contributed by atoms with Crippen molar-refractivity contribution in [2.24, 2.45) is 0 Å². The van der Waals surface area contributed by atoms with Crippen LogP contribution in [0.4, 0.5) is 5.69 Å². The van der Waals surface area contributed by atoms with E-state index in [0.717, 1.165) is 0 Å². The van der Waals surface area contributed by atoms with Gasteiger partial charge in [-0.25, -0.2) is 4.98 Å². The average Bonchev–Trinajstić information content (AvgIpc) is 2.34. The number of halogens is 1. The quantitative estimate of drug-likeness (QED) is 0.792. The van der Waals surface area contributed by atoms with Gasteiger partial charge in [-0.05, 0) is 33.3 Å². The second-order valence-electron chi connectivity index (χ2n) is 4.90. The number of amides is 1. The largest absolute Gasteiger partial charge is 0.382 e. The molecule has 1 aromatic heterocycles. The molecule has 5 nitrogen and oxygen atoms in total. The fourth-order valence-corrected chi connectivity index (χ4v) is 1.93. The van der Waals surface area contributed by atoms with Crippen LogP contribution in [0.5, 0.6) is 0 Å². The summed E-state index contributed by atoms with van der Waals surface area (Å²) in [5.41, 5.74) is 0.985. The van der Waals surface area contributed by atoms with Crippen molar-refractivity contribution >= 4 is 29.0 Å². The Morgan fingerprint density at radius 2 is 2.05 bits per heavy atom. The zero-order valence-corrected chi connectivity index (χ0v) is 12.9. The first-order valence-electron chi connectivity index (χ1n) is 6.58. The maximum atomic E-state index is 12.2. The van der Waals surface area contributed by atoms with Gasteiger partial charge in [0.15, 0.2) is 5.78 Å². The van der Waals surface area contributed by atoms with E-state index in [1.54, 1.807) is 6.07 Å². The molecule has 2 N–H and O–H groups in total. The lowest BCUT2D eigenvalue weighted by atomic mass is 10.1. The number of pyridine rings is 1. The first-order valence-corrected chi connectivity index (χ1v) is 6.96. The van der Waals surface area contributed by atoms with Gasteiger partial charge >= 0.3 is 0 Å². The lowest BCUT2D eigenvalue weighted by molar-refractivity contribution is -0.118. The highest BCUT2D eigenvalue weighted by Crippen LogP contribution is 2.20. The van der Waals surface area contributed by atoms with Crippen LogP contribution < -0.4 is 10.6 Å². The molecule has 0 aromatic carbocycles. The molecule has 20 heavy (non-hydrogen) atoms. The van der Waals surface area contributed by atoms with E-state index in [2.05, 4.69) is 15.6 Å². The fourth-order valence-electron chi connectivity index (χ4n) is 1.77. The molecule has 0 saturated carbocycles. The summed E-state index contributed by atoms with van der Waals surface area (Å²) < 4.78 is 0. The van der Waals surface area contributed by atoms with Crippen molar-refractivity contribution in [1.82, 2.24) is 10.3 Å². The minimum Gasteiger partial charge on any atom is -0.382 e. The van der Waals surface area contributed by atoms with Gasteiger partial charge in [-0.1, -0.05) is 18.5 Å². The molecule has 0 spiro atoms. The first-order chi connectivity index (χ1) is 9.35. The molecule has 1 heterocycles. The molecule has 110 valence electrons. The minimum atomic E-state index is -0.481. The van der Waals surface area contributed by atoms with E-state index in [1.165, 1.54) is 13.1 Å². The summed E-state index contributed by atoms with van der Waals surface area (Å²) in [6.07, 6.45) is 1.96. The summed E-state index contributed by atoms with van der Waals surface area (Å²) >= 11 is 5.85. The molecule has 0 aliphatic heterocycles. The Hall–Kier alpha value is -1.62. The Kier molecular flexibility index (Phi) is 5.95. The highest BCUT2D eigenvalue weighted by Gasteiger charge is 2.19. The number of nitrogens with zero attached hydrogens (tertiary/aromatic N) is 1. The lowest BCUT2D eigenvalue weighted by Gasteiger charge is -2.17. The number of hydrogen-bond donors (Lipinski definition) is 2. The minimum absolute atomic E-state index is 0.0684. The van der Waals surface area contributed by atoms with Crippen LogP contribution >= 0.6 is 11.6 Å². The number of rotatable bonds is 6. The van der Waals surface area contributed by atoms with Gasteiger partial charge < -0.3 is 10.6 Å². The number of ketones is 1. The van der Waals surface area contributed by atoms with Crippen LogP contribution in [-0.2, 0) is 4.79 Å². The Balaban J connectivity index is 2.99. The molecular formula is C14H20ClN3O2. The van der Waals surface area contributed by atoms with Crippen LogP contribution in [0.1, 0.15) is 44.5 Å². The van der Waals surface area contributed by atoms with Gasteiger partial charge in [0.05, 0.1) is 17.3 Å². The molecule has 0 aliphatic rings. The molecule has 1 amide bonds. The molecule has 0 saturated heterocycles. The van der Waals surface area contributed by atoms with Crippen molar-refractivity contribution in [3.05, 3.63) is 23.0 Å². The van der Waals surface area contributed by atoms with E-state index in [9.17, 15) is 9.59 Å². The van der Waals surface area contributed by atoms with Crippen LogP contribution in [0, 0.1) is 0 Å². The maximum Gasteiger partial charge on any atom is 0.255 e. The van der Waals surface area contributed by atoms with Crippen molar-refractivity contribution in [3.8, 4) is 0 Å². The third kappa shape index (κ3) is 4.49. The standard InChI is InChI=1S/C14H20ClN3O2/c1-5-11(9(4)19)18-14(20)10-7-16-13(15)6-12(10)17-8(2)3/h6-8,11H,5H2,1-4H3,(H,16,17)(H,18,20). The third-order valence-corrected chi connectivity index (χ3v) is 2.97. The SMILES string of the molecule is CCC(NC(=O)c1cnc(Cl)cc1NC(C)C)C(C)=O. The number of aromatic nitrogens is 1. The van der Waals surface area contributed by atoms with Crippen molar-refractivity contribution in [3.63, 3.8) is 0 Å². The Morgan fingerprint density at radius 1 is 1.40 bits per heavy atom. The predicted molar refractivity (Wildman–Crippen MR) is 80.2 cm³/mol. The van der Waals surface area contributed by atoms with E-state index in [-0.39, 0.29) is 17.7 Å². The number of carbonyl (C=O) groups is 2. The molecule has 1 aromatic rings. The molecule has 0 bridgehead atoms. The van der Waals surface area contributed by atoms with Crippen molar-refractivity contribution in [1.29, 1.82) is 0 Å². The Labute approximate surface area is 124 Å². The van der Waals surface area contributed by atoms with Gasteiger partial charge in [-0.15, -0.1) is 0 Å². The van der Waals surface area contributed by atoms with E-state index >= 15 is 0 Å². The van der Waals surface area contributed by atoms with Gasteiger partial charge in [0.2, 0.25) is 0 Å². The normalized spacial score (nSPS) is 12.1. The average molecular weight is 298 g/mol. The molecule has 1 rings (SSSR count). The summed E-state index contributed by atoms with van der Waals surface area (Å²) in [5, 5.41) is 6.16. The van der Waals surface area contributed by atoms with Crippen molar-refractivity contribution in [2.45, 2.75) is 46.2 Å². The second-order valence-corrected chi connectivity index (χ2v) is 5.28. The van der Waals surface area contributed by atoms with Crippen LogP contribution in [0.3, 0.4) is 0 Å². The van der Waals surface area contributed by atoms with Crippen molar-refractivity contribution < 1.29 is 9.59 Å². The first kappa shape index (κ1) is 16.4. The van der Waals surface area contributed by atoms with Gasteiger partial charge in [-0.3, -0.25) is 9.59 Å². The Bertz CT molecular complexity index is 503. The fraction of sp³-hybridized carbons (Fsp3) is 0.500. The summed E-state index contributed by atoms with van der Waals surface area (Å²) in [6.45, 7) is 7.22. The van der Waals surface area contributed by atoms with E-state index in [0.29, 0.717) is 22.8 Å². The van der Waals surface area contributed by atoms with Crippen LogP contribution in [0.2, 0.25) is 5.15 Å². The molecule has 0 aliphatic carbocycles. The summed E-state index contributed by atoms with van der Waals surface area (Å²) in [5.74, 6) is -0.402. The smallest absolute Gasteiger partial charge is 0.255 e. The van der Waals surface area contributed by atoms with E-state index in [1.807, 2.05) is 20.8 Å². The topological polar surface area (TPSA) is 71.1 Å². The highest BCUT2D eigenvalue weighted by molar-refractivity contribution is 6.29. The maximum absolute atomic E-state index is 12.2. The number of nitrogens with one attached hydrogen (secondary N) is 2. The van der Waals surface area contributed by atoms with Crippen molar-refractivity contribution in [2.75, 3.05) is 5.32 Å². The summed E-state index contributed by atoms with van der Waals surface area (Å²) in [7, 11) is 0. The second kappa shape index (κ2) is 7.24. The zero-order valence-electron chi connectivity index (χ0n) is 12.2. The number of anilines is 1. The molecule has 0 radical (unpaired) electrons. The van der Waals surface area contributed by atoms with Crippen LogP contribution in [-0.4, -0.2) is 28.8 Å². The molecule has 0 fully saturated rings. The van der Waals surface area contributed by atoms with Gasteiger partial charge in [0.1, 0.15) is 5.15 Å². The number of carbonyl (C=O) groups excluding carboxylic acids is 2. The summed E-state index contributed by atoms with van der Waals surface area (Å²) in [4.78, 5) is 27.6.